The predicted molar refractivity (Wildman–Crippen MR) is 110 cm³/mol. The molecule has 0 bridgehead atoms. The summed E-state index contributed by atoms with van der Waals surface area (Å²) in [6, 6.07) is 17.5. The van der Waals surface area contributed by atoms with Crippen molar-refractivity contribution in [2.24, 2.45) is 0 Å². The normalized spacial score (nSPS) is 12.0. The highest BCUT2D eigenvalue weighted by Gasteiger charge is 2.17. The van der Waals surface area contributed by atoms with E-state index in [1.165, 1.54) is 11.8 Å². The summed E-state index contributed by atoms with van der Waals surface area (Å²) in [6.45, 7) is 4.04. The Bertz CT molecular complexity index is 896. The number of rotatable bonds is 7. The van der Waals surface area contributed by atoms with E-state index >= 15 is 0 Å². The molecule has 0 aliphatic rings. The lowest BCUT2D eigenvalue weighted by atomic mass is 10.2. The van der Waals surface area contributed by atoms with Gasteiger partial charge in [0.1, 0.15) is 0 Å². The Kier molecular flexibility index (Phi) is 6.53. The molecule has 3 rings (SSSR count). The predicted octanol–water partition coefficient (Wildman–Crippen LogP) is 4.59. The zero-order valence-electron chi connectivity index (χ0n) is 15.2. The molecule has 1 unspecified atom stereocenters. The van der Waals surface area contributed by atoms with Crippen LogP contribution in [0.4, 0.5) is 0 Å². The zero-order chi connectivity index (χ0) is 19.2. The number of aromatic nitrogens is 3. The summed E-state index contributed by atoms with van der Waals surface area (Å²) in [5.74, 6) is 0.995. The Hall–Kier alpha value is -2.31. The lowest BCUT2D eigenvalue weighted by Crippen LogP contribution is -2.33. The van der Waals surface area contributed by atoms with Gasteiger partial charge in [-0.25, -0.2) is 0 Å². The molecule has 0 saturated carbocycles. The Morgan fingerprint density at radius 2 is 1.85 bits per heavy atom. The number of halogens is 1. The van der Waals surface area contributed by atoms with Crippen LogP contribution in [-0.2, 0) is 4.79 Å². The average molecular weight is 401 g/mol. The van der Waals surface area contributed by atoms with E-state index in [0.29, 0.717) is 10.2 Å². The molecule has 1 amide bonds. The van der Waals surface area contributed by atoms with Crippen LogP contribution in [0.1, 0.15) is 20.3 Å². The van der Waals surface area contributed by atoms with Crippen molar-refractivity contribution in [3.05, 3.63) is 59.6 Å². The smallest absolute Gasteiger partial charge is 0.230 e. The monoisotopic (exact) mass is 400 g/mol. The highest BCUT2D eigenvalue weighted by molar-refractivity contribution is 7.99. The summed E-state index contributed by atoms with van der Waals surface area (Å²) in [7, 11) is 0. The second-order valence-corrected chi connectivity index (χ2v) is 7.53. The van der Waals surface area contributed by atoms with Crippen molar-refractivity contribution >= 4 is 29.3 Å². The Balaban J connectivity index is 1.91. The standard InChI is InChI=1S/C20H21ClN4OS/c1-3-14(2)22-18(26)13-27-20-24-23-19(15-7-5-4-6-8-15)25(20)17-11-9-16(21)10-12-17/h4-12,14H,3,13H2,1-2H3,(H,22,26). The van der Waals surface area contributed by atoms with Crippen molar-refractivity contribution in [2.45, 2.75) is 31.5 Å². The molecule has 1 N–H and O–H groups in total. The van der Waals surface area contributed by atoms with Gasteiger partial charge in [0.25, 0.3) is 0 Å². The highest BCUT2D eigenvalue weighted by atomic mass is 35.5. The lowest BCUT2D eigenvalue weighted by Gasteiger charge is -2.12. The summed E-state index contributed by atoms with van der Waals surface area (Å²) in [5, 5.41) is 13.0. The number of carbonyl (C=O) groups excluding carboxylic acids is 1. The summed E-state index contributed by atoms with van der Waals surface area (Å²) in [6.07, 6.45) is 0.898. The molecule has 3 aromatic rings. The second kappa shape index (κ2) is 9.06. The van der Waals surface area contributed by atoms with Crippen LogP contribution < -0.4 is 5.32 Å². The number of nitrogens with one attached hydrogen (secondary N) is 1. The number of benzene rings is 2. The average Bonchev–Trinajstić information content (AvgIpc) is 3.11. The number of amides is 1. The molecule has 1 aromatic heterocycles. The third-order valence-corrected chi connectivity index (χ3v) is 5.28. The van der Waals surface area contributed by atoms with E-state index in [4.69, 9.17) is 11.6 Å². The minimum Gasteiger partial charge on any atom is -0.353 e. The maximum absolute atomic E-state index is 12.1. The van der Waals surface area contributed by atoms with E-state index < -0.39 is 0 Å². The Morgan fingerprint density at radius 1 is 1.15 bits per heavy atom. The van der Waals surface area contributed by atoms with Crippen LogP contribution in [0.2, 0.25) is 5.02 Å². The van der Waals surface area contributed by atoms with Gasteiger partial charge in [0.05, 0.1) is 5.75 Å². The van der Waals surface area contributed by atoms with Gasteiger partial charge in [-0.05, 0) is 37.6 Å². The van der Waals surface area contributed by atoms with Crippen molar-refractivity contribution in [2.75, 3.05) is 5.75 Å². The number of hydrogen-bond acceptors (Lipinski definition) is 4. The molecule has 0 saturated heterocycles. The number of hydrogen-bond donors (Lipinski definition) is 1. The molecule has 5 nitrogen and oxygen atoms in total. The lowest BCUT2D eigenvalue weighted by molar-refractivity contribution is -0.119. The molecule has 0 spiro atoms. The van der Waals surface area contributed by atoms with E-state index in [9.17, 15) is 4.79 Å². The van der Waals surface area contributed by atoms with Crippen LogP contribution in [0.25, 0.3) is 17.1 Å². The second-order valence-electron chi connectivity index (χ2n) is 6.15. The molecule has 7 heteroatoms. The van der Waals surface area contributed by atoms with E-state index in [-0.39, 0.29) is 17.7 Å². The van der Waals surface area contributed by atoms with Crippen LogP contribution in [0.5, 0.6) is 0 Å². The van der Waals surface area contributed by atoms with Gasteiger partial charge in [-0.2, -0.15) is 0 Å². The Morgan fingerprint density at radius 3 is 2.52 bits per heavy atom. The van der Waals surface area contributed by atoms with Gasteiger partial charge in [0.15, 0.2) is 11.0 Å². The molecule has 0 aliphatic carbocycles. The van der Waals surface area contributed by atoms with Gasteiger partial charge in [0, 0.05) is 22.3 Å². The first-order valence-corrected chi connectivity index (χ1v) is 10.1. The zero-order valence-corrected chi connectivity index (χ0v) is 16.8. The van der Waals surface area contributed by atoms with Gasteiger partial charge >= 0.3 is 0 Å². The topological polar surface area (TPSA) is 59.8 Å². The highest BCUT2D eigenvalue weighted by Crippen LogP contribution is 2.28. The van der Waals surface area contributed by atoms with Gasteiger partial charge in [-0.3, -0.25) is 9.36 Å². The summed E-state index contributed by atoms with van der Waals surface area (Å²) in [4.78, 5) is 12.1. The number of nitrogens with zero attached hydrogens (tertiary/aromatic N) is 3. The summed E-state index contributed by atoms with van der Waals surface area (Å²) >= 11 is 7.40. The van der Waals surface area contributed by atoms with E-state index in [2.05, 4.69) is 15.5 Å². The van der Waals surface area contributed by atoms with E-state index in [0.717, 1.165) is 23.5 Å². The van der Waals surface area contributed by atoms with Crippen molar-refractivity contribution in [1.82, 2.24) is 20.1 Å². The van der Waals surface area contributed by atoms with E-state index in [1.807, 2.05) is 73.0 Å². The quantitative estimate of drug-likeness (QED) is 0.589. The number of carbonyl (C=O) groups is 1. The van der Waals surface area contributed by atoms with E-state index in [1.54, 1.807) is 0 Å². The summed E-state index contributed by atoms with van der Waals surface area (Å²) < 4.78 is 1.95. The fraction of sp³-hybridized carbons (Fsp3) is 0.250. The molecular weight excluding hydrogens is 380 g/mol. The van der Waals surface area contributed by atoms with Gasteiger partial charge in [-0.1, -0.05) is 60.6 Å². The SMILES string of the molecule is CCC(C)NC(=O)CSc1nnc(-c2ccccc2)n1-c1ccc(Cl)cc1. The molecule has 2 aromatic carbocycles. The van der Waals surface area contributed by atoms with Crippen LogP contribution in [0, 0.1) is 0 Å². The molecule has 0 aliphatic heterocycles. The maximum atomic E-state index is 12.1. The van der Waals surface area contributed by atoms with Gasteiger partial charge < -0.3 is 5.32 Å². The number of thioether (sulfide) groups is 1. The van der Waals surface area contributed by atoms with Crippen LogP contribution in [0.3, 0.4) is 0 Å². The van der Waals surface area contributed by atoms with Crippen LogP contribution in [-0.4, -0.2) is 32.5 Å². The summed E-state index contributed by atoms with van der Waals surface area (Å²) in [5.41, 5.74) is 1.85. The Labute approximate surface area is 168 Å². The fourth-order valence-electron chi connectivity index (χ4n) is 2.51. The third-order valence-electron chi connectivity index (χ3n) is 4.10. The van der Waals surface area contributed by atoms with Gasteiger partial charge in [-0.15, -0.1) is 10.2 Å². The molecule has 0 radical (unpaired) electrons. The van der Waals surface area contributed by atoms with Gasteiger partial charge in [0.2, 0.25) is 5.91 Å². The first kappa shape index (κ1) is 19.5. The largest absolute Gasteiger partial charge is 0.353 e. The molecule has 27 heavy (non-hydrogen) atoms. The van der Waals surface area contributed by atoms with Crippen molar-refractivity contribution in [1.29, 1.82) is 0 Å². The molecule has 1 atom stereocenters. The minimum absolute atomic E-state index is 0.0127. The molecule has 0 fully saturated rings. The minimum atomic E-state index is -0.0127. The molecule has 1 heterocycles. The molecule has 140 valence electrons. The van der Waals surface area contributed by atoms with Crippen LogP contribution >= 0.6 is 23.4 Å². The van der Waals surface area contributed by atoms with Crippen molar-refractivity contribution in [3.63, 3.8) is 0 Å². The fourth-order valence-corrected chi connectivity index (χ4v) is 3.40. The third kappa shape index (κ3) is 4.90. The molecular formula is C20H21ClN4OS. The van der Waals surface area contributed by atoms with Crippen molar-refractivity contribution < 1.29 is 4.79 Å². The maximum Gasteiger partial charge on any atom is 0.230 e. The van der Waals surface area contributed by atoms with Crippen molar-refractivity contribution in [3.8, 4) is 17.1 Å². The first-order chi connectivity index (χ1) is 13.1. The van der Waals surface area contributed by atoms with Crippen LogP contribution in [0.15, 0.2) is 59.8 Å². The first-order valence-electron chi connectivity index (χ1n) is 8.77.